The van der Waals surface area contributed by atoms with Gasteiger partial charge in [-0.05, 0) is 37.3 Å². The van der Waals surface area contributed by atoms with Crippen LogP contribution in [0.5, 0.6) is 0 Å². The Hall–Kier alpha value is -2.70. The molecule has 4 amide bonds. The average molecular weight is 371 g/mol. The van der Waals surface area contributed by atoms with E-state index in [0.29, 0.717) is 30.6 Å². The maximum Gasteiger partial charge on any atom is 0.262 e. The number of nitrogens with one attached hydrogen (secondary N) is 1. The molecule has 0 aromatic heterocycles. The summed E-state index contributed by atoms with van der Waals surface area (Å²) in [7, 11) is 0. The molecule has 1 saturated heterocycles. The third kappa shape index (κ3) is 4.02. The summed E-state index contributed by atoms with van der Waals surface area (Å²) in [6, 6.07) is 5.88. The predicted octanol–water partition coefficient (Wildman–Crippen LogP) is 1.44. The number of hydrogen-bond donors (Lipinski definition) is 1. The Balaban J connectivity index is 1.67. The van der Waals surface area contributed by atoms with Crippen LogP contribution < -0.4 is 5.32 Å². The smallest absolute Gasteiger partial charge is 0.262 e. The van der Waals surface area contributed by atoms with Crippen LogP contribution in [0.2, 0.25) is 0 Å². The molecule has 1 fully saturated rings. The van der Waals surface area contributed by atoms with Crippen LogP contribution in [-0.4, -0.2) is 59.1 Å². The molecular formula is C20H25N3O4. The van der Waals surface area contributed by atoms with Gasteiger partial charge < -0.3 is 10.2 Å². The molecule has 3 rings (SSSR count). The fourth-order valence-electron chi connectivity index (χ4n) is 3.62. The molecule has 0 saturated carbocycles. The van der Waals surface area contributed by atoms with Gasteiger partial charge in [0, 0.05) is 13.1 Å². The molecule has 0 aliphatic carbocycles. The number of imide groups is 1. The number of rotatable bonds is 6. The van der Waals surface area contributed by atoms with E-state index in [-0.39, 0.29) is 18.4 Å². The summed E-state index contributed by atoms with van der Waals surface area (Å²) in [4.78, 5) is 52.8. The second-order valence-electron chi connectivity index (χ2n) is 7.52. The molecular weight excluding hydrogens is 346 g/mol. The maximum absolute atomic E-state index is 12.7. The molecule has 0 unspecified atom stereocenters. The molecule has 0 radical (unpaired) electrons. The van der Waals surface area contributed by atoms with E-state index in [2.05, 4.69) is 5.32 Å². The van der Waals surface area contributed by atoms with Gasteiger partial charge in [0.15, 0.2) is 0 Å². The van der Waals surface area contributed by atoms with Crippen molar-refractivity contribution in [2.24, 2.45) is 5.92 Å². The Bertz CT molecular complexity index is 733. The third-order valence-electron chi connectivity index (χ3n) is 4.94. The standard InChI is InChI=1S/C20H25N3O4/c1-13(2)11-16(20(27)22-9-5-6-10-22)21-17(24)12-23-18(25)14-7-3-4-8-15(14)19(23)26/h3-4,7-8,13,16H,5-6,9-12H2,1-2H3,(H,21,24)/t16-/m1/s1. The average Bonchev–Trinajstić information content (AvgIpc) is 3.24. The maximum atomic E-state index is 12.7. The molecule has 2 heterocycles. The molecule has 0 bridgehead atoms. The summed E-state index contributed by atoms with van der Waals surface area (Å²) in [6.45, 7) is 5.01. The highest BCUT2D eigenvalue weighted by atomic mass is 16.2. The topological polar surface area (TPSA) is 86.8 Å². The summed E-state index contributed by atoms with van der Waals surface area (Å²) in [5.41, 5.74) is 0.615. The van der Waals surface area contributed by atoms with Crippen LogP contribution in [0.3, 0.4) is 0 Å². The highest BCUT2D eigenvalue weighted by Gasteiger charge is 2.37. The van der Waals surface area contributed by atoms with Gasteiger partial charge in [-0.3, -0.25) is 24.1 Å². The summed E-state index contributed by atoms with van der Waals surface area (Å²) in [5.74, 6) is -1.31. The minimum absolute atomic E-state index is 0.0862. The monoisotopic (exact) mass is 371 g/mol. The lowest BCUT2D eigenvalue weighted by Crippen LogP contribution is -2.51. The van der Waals surface area contributed by atoms with Crippen LogP contribution >= 0.6 is 0 Å². The van der Waals surface area contributed by atoms with Crippen LogP contribution in [-0.2, 0) is 9.59 Å². The number of fused-ring (bicyclic) bond motifs is 1. The highest BCUT2D eigenvalue weighted by molar-refractivity contribution is 6.22. The zero-order valence-electron chi connectivity index (χ0n) is 15.7. The first kappa shape index (κ1) is 19.1. The predicted molar refractivity (Wildman–Crippen MR) is 99.0 cm³/mol. The minimum Gasteiger partial charge on any atom is -0.343 e. The van der Waals surface area contributed by atoms with E-state index in [1.165, 1.54) is 0 Å². The number of carbonyl (C=O) groups excluding carboxylic acids is 4. The summed E-state index contributed by atoms with van der Waals surface area (Å²) >= 11 is 0. The molecule has 7 nitrogen and oxygen atoms in total. The number of carbonyl (C=O) groups is 4. The quantitative estimate of drug-likeness (QED) is 0.767. The van der Waals surface area contributed by atoms with Crippen molar-refractivity contribution in [2.45, 2.75) is 39.2 Å². The van der Waals surface area contributed by atoms with Gasteiger partial charge in [-0.25, -0.2) is 0 Å². The Labute approximate surface area is 158 Å². The van der Waals surface area contributed by atoms with Crippen molar-refractivity contribution in [3.63, 3.8) is 0 Å². The third-order valence-corrected chi connectivity index (χ3v) is 4.94. The summed E-state index contributed by atoms with van der Waals surface area (Å²) < 4.78 is 0. The van der Waals surface area contributed by atoms with Crippen LogP contribution in [0.4, 0.5) is 0 Å². The van der Waals surface area contributed by atoms with Crippen molar-refractivity contribution in [2.75, 3.05) is 19.6 Å². The molecule has 1 aromatic carbocycles. The van der Waals surface area contributed by atoms with Crippen molar-refractivity contribution in [3.05, 3.63) is 35.4 Å². The Morgan fingerprint density at radius 3 is 2.11 bits per heavy atom. The van der Waals surface area contributed by atoms with Crippen LogP contribution in [0.1, 0.15) is 53.8 Å². The normalized spacial score (nSPS) is 17.4. The minimum atomic E-state index is -0.634. The van der Waals surface area contributed by atoms with Gasteiger partial charge in [0.1, 0.15) is 12.6 Å². The lowest BCUT2D eigenvalue weighted by atomic mass is 10.0. The van der Waals surface area contributed by atoms with Crippen LogP contribution in [0.25, 0.3) is 0 Å². The molecule has 1 atom stereocenters. The second kappa shape index (κ2) is 7.90. The van der Waals surface area contributed by atoms with Gasteiger partial charge >= 0.3 is 0 Å². The van der Waals surface area contributed by atoms with E-state index in [9.17, 15) is 19.2 Å². The summed E-state index contributed by atoms with van der Waals surface area (Å²) in [5, 5.41) is 2.74. The first-order valence-electron chi connectivity index (χ1n) is 9.42. The molecule has 144 valence electrons. The Kier molecular flexibility index (Phi) is 5.58. The molecule has 2 aliphatic rings. The van der Waals surface area contributed by atoms with Crippen LogP contribution in [0, 0.1) is 5.92 Å². The molecule has 27 heavy (non-hydrogen) atoms. The first-order chi connectivity index (χ1) is 12.9. The van der Waals surface area contributed by atoms with Crippen molar-refractivity contribution in [1.82, 2.24) is 15.1 Å². The summed E-state index contributed by atoms with van der Waals surface area (Å²) in [6.07, 6.45) is 2.47. The van der Waals surface area contributed by atoms with Crippen molar-refractivity contribution < 1.29 is 19.2 Å². The van der Waals surface area contributed by atoms with E-state index < -0.39 is 23.8 Å². The molecule has 2 aliphatic heterocycles. The number of benzene rings is 1. The SMILES string of the molecule is CC(C)C[C@@H](NC(=O)CN1C(=O)c2ccccc2C1=O)C(=O)N1CCCC1. The fraction of sp³-hybridized carbons (Fsp3) is 0.500. The van der Waals surface area contributed by atoms with Crippen molar-refractivity contribution in [3.8, 4) is 0 Å². The lowest BCUT2D eigenvalue weighted by molar-refractivity contribution is -0.136. The van der Waals surface area contributed by atoms with E-state index in [1.54, 1.807) is 29.2 Å². The van der Waals surface area contributed by atoms with Gasteiger partial charge in [-0.1, -0.05) is 26.0 Å². The molecule has 1 N–H and O–H groups in total. The molecule has 7 heteroatoms. The zero-order chi connectivity index (χ0) is 19.6. The number of hydrogen-bond acceptors (Lipinski definition) is 4. The van der Waals surface area contributed by atoms with Gasteiger partial charge in [0.05, 0.1) is 11.1 Å². The van der Waals surface area contributed by atoms with E-state index >= 15 is 0 Å². The lowest BCUT2D eigenvalue weighted by Gasteiger charge is -2.26. The number of likely N-dealkylation sites (tertiary alicyclic amines) is 1. The second-order valence-corrected chi connectivity index (χ2v) is 7.52. The van der Waals surface area contributed by atoms with Crippen LogP contribution in [0.15, 0.2) is 24.3 Å². The van der Waals surface area contributed by atoms with Gasteiger partial charge in [0.25, 0.3) is 11.8 Å². The number of nitrogens with zero attached hydrogens (tertiary/aromatic N) is 2. The fourth-order valence-corrected chi connectivity index (χ4v) is 3.62. The van der Waals surface area contributed by atoms with Crippen molar-refractivity contribution in [1.29, 1.82) is 0 Å². The Morgan fingerprint density at radius 2 is 1.59 bits per heavy atom. The van der Waals surface area contributed by atoms with E-state index in [4.69, 9.17) is 0 Å². The Morgan fingerprint density at radius 1 is 1.04 bits per heavy atom. The van der Waals surface area contributed by atoms with Gasteiger partial charge in [0.2, 0.25) is 11.8 Å². The van der Waals surface area contributed by atoms with E-state index in [1.807, 2.05) is 13.8 Å². The zero-order valence-corrected chi connectivity index (χ0v) is 15.7. The van der Waals surface area contributed by atoms with Gasteiger partial charge in [-0.2, -0.15) is 0 Å². The first-order valence-corrected chi connectivity index (χ1v) is 9.42. The molecule has 0 spiro atoms. The van der Waals surface area contributed by atoms with Crippen molar-refractivity contribution >= 4 is 23.6 Å². The van der Waals surface area contributed by atoms with Gasteiger partial charge in [-0.15, -0.1) is 0 Å². The largest absolute Gasteiger partial charge is 0.343 e. The molecule has 1 aromatic rings. The highest BCUT2D eigenvalue weighted by Crippen LogP contribution is 2.22. The van der Waals surface area contributed by atoms with E-state index in [0.717, 1.165) is 17.7 Å². The number of amides is 4.